The normalized spacial score (nSPS) is 21.0. The largest absolute Gasteiger partial charge is 0.381 e. The van der Waals surface area contributed by atoms with Crippen LogP contribution in [-0.2, 0) is 5.41 Å². The molecule has 0 bridgehead atoms. The fraction of sp³-hybridized carbons (Fsp3) is 0.727. The van der Waals surface area contributed by atoms with Gasteiger partial charge in [0.2, 0.25) is 0 Å². The predicted octanol–water partition coefficient (Wildman–Crippen LogP) is 2.79. The van der Waals surface area contributed by atoms with Crippen LogP contribution in [0.2, 0.25) is 0 Å². The second kappa shape index (κ2) is 3.30. The molecule has 1 aliphatic rings. The summed E-state index contributed by atoms with van der Waals surface area (Å²) < 4.78 is 5.36. The maximum atomic E-state index is 5.70. The van der Waals surface area contributed by atoms with Crippen molar-refractivity contribution in [2.75, 3.05) is 5.73 Å². The molecule has 1 aliphatic carbocycles. The van der Waals surface area contributed by atoms with Crippen molar-refractivity contribution in [1.82, 2.24) is 5.16 Å². The van der Waals surface area contributed by atoms with Crippen LogP contribution in [0.3, 0.4) is 0 Å². The molecule has 14 heavy (non-hydrogen) atoms. The molecule has 1 aromatic rings. The molecule has 3 heteroatoms. The van der Waals surface area contributed by atoms with Crippen molar-refractivity contribution in [3.8, 4) is 0 Å². The highest BCUT2D eigenvalue weighted by atomic mass is 16.5. The van der Waals surface area contributed by atoms with Gasteiger partial charge < -0.3 is 10.3 Å². The zero-order valence-corrected chi connectivity index (χ0v) is 8.97. The lowest BCUT2D eigenvalue weighted by molar-refractivity contribution is 0.239. The fourth-order valence-corrected chi connectivity index (χ4v) is 2.47. The molecular weight excluding hydrogens is 176 g/mol. The number of hydrogen-bond donors (Lipinski definition) is 1. The first-order valence-electron chi connectivity index (χ1n) is 5.36. The topological polar surface area (TPSA) is 52.0 Å². The Labute approximate surface area is 84.7 Å². The van der Waals surface area contributed by atoms with Crippen molar-refractivity contribution in [3.63, 3.8) is 0 Å². The molecule has 0 unspecified atom stereocenters. The highest BCUT2D eigenvalue weighted by Gasteiger charge is 2.34. The standard InChI is InChI=1S/C11H18N2O/c1-8-9(14-13-10(8)12)11(2)6-4-3-5-7-11/h3-7H2,1-2H3,(H2,12,13). The molecule has 1 heterocycles. The third kappa shape index (κ3) is 1.41. The lowest BCUT2D eigenvalue weighted by Crippen LogP contribution is -2.25. The highest BCUT2D eigenvalue weighted by molar-refractivity contribution is 5.41. The molecule has 0 spiro atoms. The molecule has 0 amide bonds. The van der Waals surface area contributed by atoms with Gasteiger partial charge in [0, 0.05) is 11.0 Å². The summed E-state index contributed by atoms with van der Waals surface area (Å²) in [5.41, 5.74) is 6.91. The van der Waals surface area contributed by atoms with Gasteiger partial charge in [0.1, 0.15) is 5.76 Å². The van der Waals surface area contributed by atoms with Gasteiger partial charge in [-0.25, -0.2) is 0 Å². The monoisotopic (exact) mass is 194 g/mol. The first kappa shape index (κ1) is 9.56. The minimum atomic E-state index is 0.174. The first-order valence-corrected chi connectivity index (χ1v) is 5.36. The Bertz CT molecular complexity index is 324. The number of nitrogens with two attached hydrogens (primary N) is 1. The van der Waals surface area contributed by atoms with E-state index in [1.807, 2.05) is 6.92 Å². The molecule has 78 valence electrons. The molecule has 0 radical (unpaired) electrons. The van der Waals surface area contributed by atoms with Gasteiger partial charge in [-0.3, -0.25) is 0 Å². The van der Waals surface area contributed by atoms with Gasteiger partial charge in [0.15, 0.2) is 5.82 Å². The van der Waals surface area contributed by atoms with E-state index in [1.54, 1.807) is 0 Å². The van der Waals surface area contributed by atoms with E-state index in [1.165, 1.54) is 32.1 Å². The van der Waals surface area contributed by atoms with E-state index in [4.69, 9.17) is 10.3 Å². The Morgan fingerprint density at radius 2 is 1.93 bits per heavy atom. The average Bonchev–Trinajstić information content (AvgIpc) is 2.49. The van der Waals surface area contributed by atoms with Gasteiger partial charge in [-0.05, 0) is 19.8 Å². The number of anilines is 1. The van der Waals surface area contributed by atoms with Crippen LogP contribution in [0.4, 0.5) is 5.82 Å². The van der Waals surface area contributed by atoms with Gasteiger partial charge in [-0.15, -0.1) is 0 Å². The summed E-state index contributed by atoms with van der Waals surface area (Å²) in [6, 6.07) is 0. The van der Waals surface area contributed by atoms with E-state index in [0.717, 1.165) is 11.3 Å². The predicted molar refractivity (Wildman–Crippen MR) is 56.1 cm³/mol. The minimum Gasteiger partial charge on any atom is -0.381 e. The summed E-state index contributed by atoms with van der Waals surface area (Å²) in [4.78, 5) is 0. The van der Waals surface area contributed by atoms with Gasteiger partial charge >= 0.3 is 0 Å². The molecule has 1 aromatic heterocycles. The molecule has 0 atom stereocenters. The third-order valence-electron chi connectivity index (χ3n) is 3.47. The van der Waals surface area contributed by atoms with Crippen LogP contribution in [0, 0.1) is 6.92 Å². The molecule has 0 aromatic carbocycles. The molecule has 1 fully saturated rings. The summed E-state index contributed by atoms with van der Waals surface area (Å²) in [6.07, 6.45) is 6.32. The van der Waals surface area contributed by atoms with Crippen LogP contribution in [0.1, 0.15) is 50.4 Å². The first-order chi connectivity index (χ1) is 6.63. The number of nitrogen functional groups attached to an aromatic ring is 1. The summed E-state index contributed by atoms with van der Waals surface area (Å²) in [7, 11) is 0. The summed E-state index contributed by atoms with van der Waals surface area (Å²) in [5, 5.41) is 3.84. The number of nitrogens with zero attached hydrogens (tertiary/aromatic N) is 1. The van der Waals surface area contributed by atoms with E-state index in [-0.39, 0.29) is 5.41 Å². The summed E-state index contributed by atoms with van der Waals surface area (Å²) in [5.74, 6) is 1.56. The Morgan fingerprint density at radius 3 is 2.43 bits per heavy atom. The van der Waals surface area contributed by atoms with Crippen LogP contribution >= 0.6 is 0 Å². The van der Waals surface area contributed by atoms with E-state index in [0.29, 0.717) is 5.82 Å². The van der Waals surface area contributed by atoms with Gasteiger partial charge in [0.05, 0.1) is 0 Å². The van der Waals surface area contributed by atoms with Gasteiger partial charge in [-0.1, -0.05) is 31.3 Å². The van der Waals surface area contributed by atoms with Crippen molar-refractivity contribution in [3.05, 3.63) is 11.3 Å². The molecule has 2 rings (SSSR count). The zero-order valence-electron chi connectivity index (χ0n) is 8.97. The Balaban J connectivity index is 2.32. The van der Waals surface area contributed by atoms with Gasteiger partial charge in [-0.2, -0.15) is 0 Å². The van der Waals surface area contributed by atoms with Crippen LogP contribution in [-0.4, -0.2) is 5.16 Å². The Kier molecular flexibility index (Phi) is 2.25. The van der Waals surface area contributed by atoms with Crippen molar-refractivity contribution in [1.29, 1.82) is 0 Å². The van der Waals surface area contributed by atoms with E-state index in [9.17, 15) is 0 Å². The third-order valence-corrected chi connectivity index (χ3v) is 3.47. The van der Waals surface area contributed by atoms with E-state index < -0.39 is 0 Å². The second-order valence-corrected chi connectivity index (χ2v) is 4.64. The molecule has 2 N–H and O–H groups in total. The minimum absolute atomic E-state index is 0.174. The van der Waals surface area contributed by atoms with Gasteiger partial charge in [0.25, 0.3) is 0 Å². The van der Waals surface area contributed by atoms with Crippen LogP contribution < -0.4 is 5.73 Å². The quantitative estimate of drug-likeness (QED) is 0.747. The van der Waals surface area contributed by atoms with Crippen molar-refractivity contribution < 1.29 is 4.52 Å². The molecule has 1 saturated carbocycles. The number of aromatic nitrogens is 1. The van der Waals surface area contributed by atoms with Crippen molar-refractivity contribution in [2.45, 2.75) is 51.4 Å². The van der Waals surface area contributed by atoms with Crippen molar-refractivity contribution >= 4 is 5.82 Å². The zero-order chi connectivity index (χ0) is 10.2. The highest BCUT2D eigenvalue weighted by Crippen LogP contribution is 2.41. The lowest BCUT2D eigenvalue weighted by Gasteiger charge is -2.31. The molecule has 3 nitrogen and oxygen atoms in total. The summed E-state index contributed by atoms with van der Waals surface area (Å²) >= 11 is 0. The Hall–Kier alpha value is -0.990. The maximum Gasteiger partial charge on any atom is 0.170 e. The average molecular weight is 194 g/mol. The maximum absolute atomic E-state index is 5.70. The van der Waals surface area contributed by atoms with Crippen molar-refractivity contribution in [2.24, 2.45) is 0 Å². The van der Waals surface area contributed by atoms with E-state index in [2.05, 4.69) is 12.1 Å². The molecule has 0 aliphatic heterocycles. The SMILES string of the molecule is Cc1c(N)noc1C1(C)CCCCC1. The molecular formula is C11H18N2O. The fourth-order valence-electron chi connectivity index (χ4n) is 2.47. The molecule has 0 saturated heterocycles. The van der Waals surface area contributed by atoms with Crippen LogP contribution in [0.5, 0.6) is 0 Å². The second-order valence-electron chi connectivity index (χ2n) is 4.64. The smallest absolute Gasteiger partial charge is 0.170 e. The van der Waals surface area contributed by atoms with Crippen LogP contribution in [0.15, 0.2) is 4.52 Å². The van der Waals surface area contributed by atoms with E-state index >= 15 is 0 Å². The lowest BCUT2D eigenvalue weighted by atomic mass is 9.73. The number of rotatable bonds is 1. The Morgan fingerprint density at radius 1 is 1.29 bits per heavy atom. The summed E-state index contributed by atoms with van der Waals surface area (Å²) in [6.45, 7) is 4.26. The number of hydrogen-bond acceptors (Lipinski definition) is 3. The van der Waals surface area contributed by atoms with Crippen LogP contribution in [0.25, 0.3) is 0 Å².